The lowest BCUT2D eigenvalue weighted by atomic mass is 9.90. The molecule has 0 unspecified atom stereocenters. The highest BCUT2D eigenvalue weighted by atomic mass is 16.3. The first-order valence-electron chi connectivity index (χ1n) is 7.14. The molecular weight excluding hydrogens is 236 g/mol. The monoisotopic (exact) mass is 256 g/mol. The van der Waals surface area contributed by atoms with Crippen LogP contribution in [0.25, 0.3) is 10.9 Å². The fourth-order valence-electron chi connectivity index (χ4n) is 2.87. The van der Waals surface area contributed by atoms with Gasteiger partial charge in [0.15, 0.2) is 0 Å². The molecule has 1 atom stereocenters. The normalized spacial score (nSPS) is 18.3. The summed E-state index contributed by atoms with van der Waals surface area (Å²) in [6.07, 6.45) is 3.53. The number of fused-ring (bicyclic) bond motifs is 2. The Bertz CT molecular complexity index is 595. The van der Waals surface area contributed by atoms with E-state index in [1.54, 1.807) is 0 Å². The van der Waals surface area contributed by atoms with E-state index in [0.717, 1.165) is 60.1 Å². The Morgan fingerprint density at radius 3 is 3.05 bits per heavy atom. The molecule has 2 N–H and O–H groups in total. The lowest BCUT2D eigenvalue weighted by Gasteiger charge is -2.25. The molecule has 0 saturated heterocycles. The summed E-state index contributed by atoms with van der Waals surface area (Å²) in [5, 5.41) is 14.9. The topological polar surface area (TPSA) is 45.2 Å². The zero-order chi connectivity index (χ0) is 13.2. The number of nitrogens with one attached hydrogen (secondary N) is 1. The van der Waals surface area contributed by atoms with E-state index < -0.39 is 0 Å². The summed E-state index contributed by atoms with van der Waals surface area (Å²) in [7, 11) is 0. The maximum absolute atomic E-state index is 10.3. The molecule has 2 aromatic rings. The van der Waals surface area contributed by atoms with E-state index in [1.807, 2.05) is 18.2 Å². The highest BCUT2D eigenvalue weighted by Gasteiger charge is 2.24. The van der Waals surface area contributed by atoms with Crippen molar-refractivity contribution >= 4 is 16.6 Å². The van der Waals surface area contributed by atoms with Crippen molar-refractivity contribution in [2.24, 2.45) is 0 Å². The zero-order valence-electron chi connectivity index (χ0n) is 11.3. The van der Waals surface area contributed by atoms with Crippen LogP contribution in [0.5, 0.6) is 0 Å². The molecule has 0 radical (unpaired) electrons. The Morgan fingerprint density at radius 2 is 2.21 bits per heavy atom. The van der Waals surface area contributed by atoms with Gasteiger partial charge in [0.2, 0.25) is 0 Å². The van der Waals surface area contributed by atoms with Crippen LogP contribution < -0.4 is 5.32 Å². The molecule has 1 heterocycles. The van der Waals surface area contributed by atoms with Crippen LogP contribution in [-0.2, 0) is 6.42 Å². The number of benzene rings is 1. The molecule has 0 aliphatic heterocycles. The number of aryl methyl sites for hydroxylation is 1. The number of aromatic nitrogens is 1. The summed E-state index contributed by atoms with van der Waals surface area (Å²) >= 11 is 0. The lowest BCUT2D eigenvalue weighted by molar-refractivity contribution is 0.156. The van der Waals surface area contributed by atoms with E-state index >= 15 is 0 Å². The van der Waals surface area contributed by atoms with E-state index in [2.05, 4.69) is 18.3 Å². The maximum Gasteiger partial charge on any atom is 0.0828 e. The van der Waals surface area contributed by atoms with Crippen molar-refractivity contribution in [3.63, 3.8) is 0 Å². The second kappa shape index (κ2) is 5.17. The van der Waals surface area contributed by atoms with Gasteiger partial charge in [0.1, 0.15) is 0 Å². The van der Waals surface area contributed by atoms with Crippen LogP contribution in [0.4, 0.5) is 5.69 Å². The smallest absolute Gasteiger partial charge is 0.0828 e. The Kier molecular flexibility index (Phi) is 3.38. The number of rotatable bonds is 3. The average Bonchev–Trinajstić information content (AvgIpc) is 2.44. The summed E-state index contributed by atoms with van der Waals surface area (Å²) < 4.78 is 0. The van der Waals surface area contributed by atoms with Crippen molar-refractivity contribution in [2.45, 2.75) is 38.7 Å². The average molecular weight is 256 g/mol. The number of aliphatic hydroxyl groups is 1. The Morgan fingerprint density at radius 1 is 1.37 bits per heavy atom. The first-order valence-corrected chi connectivity index (χ1v) is 7.14. The van der Waals surface area contributed by atoms with Gasteiger partial charge in [-0.05, 0) is 31.7 Å². The molecule has 0 saturated carbocycles. The Balaban J connectivity index is 2.23. The van der Waals surface area contributed by atoms with Gasteiger partial charge in [0.25, 0.3) is 0 Å². The van der Waals surface area contributed by atoms with Crippen LogP contribution in [0.15, 0.2) is 24.3 Å². The van der Waals surface area contributed by atoms with Crippen LogP contribution >= 0.6 is 0 Å². The molecule has 100 valence electrons. The van der Waals surface area contributed by atoms with Gasteiger partial charge in [-0.1, -0.05) is 25.1 Å². The van der Waals surface area contributed by atoms with Crippen molar-refractivity contribution in [2.75, 3.05) is 11.9 Å². The van der Waals surface area contributed by atoms with E-state index in [0.29, 0.717) is 0 Å². The minimum absolute atomic E-state index is 0.375. The van der Waals surface area contributed by atoms with Gasteiger partial charge in [-0.3, -0.25) is 4.98 Å². The van der Waals surface area contributed by atoms with Crippen LogP contribution in [0, 0.1) is 0 Å². The van der Waals surface area contributed by atoms with Gasteiger partial charge in [-0.15, -0.1) is 0 Å². The van der Waals surface area contributed by atoms with Gasteiger partial charge in [-0.2, -0.15) is 0 Å². The minimum atomic E-state index is -0.375. The van der Waals surface area contributed by atoms with Crippen LogP contribution in [0.3, 0.4) is 0 Å². The second-order valence-electron chi connectivity index (χ2n) is 5.20. The number of anilines is 1. The van der Waals surface area contributed by atoms with Gasteiger partial charge in [0.05, 0.1) is 17.3 Å². The quantitative estimate of drug-likeness (QED) is 0.884. The summed E-state index contributed by atoms with van der Waals surface area (Å²) in [6.45, 7) is 3.08. The molecular formula is C16H20N2O. The summed E-state index contributed by atoms with van der Waals surface area (Å²) in [4.78, 5) is 4.73. The fraction of sp³-hybridized carbons (Fsp3) is 0.438. The van der Waals surface area contributed by atoms with Crippen molar-refractivity contribution < 1.29 is 5.11 Å². The first kappa shape index (κ1) is 12.4. The third-order valence-corrected chi connectivity index (χ3v) is 3.79. The largest absolute Gasteiger partial charge is 0.388 e. The number of para-hydroxylation sites is 1. The third-order valence-electron chi connectivity index (χ3n) is 3.79. The Hall–Kier alpha value is -1.61. The molecule has 3 rings (SSSR count). The van der Waals surface area contributed by atoms with Crippen LogP contribution in [0.2, 0.25) is 0 Å². The summed E-state index contributed by atoms with van der Waals surface area (Å²) in [6, 6.07) is 8.18. The molecule has 1 aliphatic rings. The van der Waals surface area contributed by atoms with E-state index in [1.165, 1.54) is 0 Å². The highest BCUT2D eigenvalue weighted by molar-refractivity contribution is 5.93. The third kappa shape index (κ3) is 2.19. The number of hydrogen-bond acceptors (Lipinski definition) is 3. The molecule has 0 fully saturated rings. The number of pyridine rings is 1. The van der Waals surface area contributed by atoms with E-state index in [-0.39, 0.29) is 6.10 Å². The van der Waals surface area contributed by atoms with E-state index in [9.17, 15) is 5.11 Å². The number of aliphatic hydroxyl groups excluding tert-OH is 1. The van der Waals surface area contributed by atoms with E-state index in [4.69, 9.17) is 4.98 Å². The van der Waals surface area contributed by atoms with Crippen molar-refractivity contribution in [3.8, 4) is 0 Å². The first-order chi connectivity index (χ1) is 9.31. The molecule has 19 heavy (non-hydrogen) atoms. The predicted octanol–water partition coefficient (Wildman–Crippen LogP) is 3.43. The van der Waals surface area contributed by atoms with Crippen molar-refractivity contribution in [1.29, 1.82) is 0 Å². The van der Waals surface area contributed by atoms with Gasteiger partial charge in [0, 0.05) is 23.2 Å². The minimum Gasteiger partial charge on any atom is -0.388 e. The molecule has 3 nitrogen and oxygen atoms in total. The van der Waals surface area contributed by atoms with Crippen LogP contribution in [-0.4, -0.2) is 16.6 Å². The molecule has 0 spiro atoms. The fourth-order valence-corrected chi connectivity index (χ4v) is 2.87. The number of nitrogens with zero attached hydrogens (tertiary/aromatic N) is 1. The molecule has 1 aliphatic carbocycles. The molecule has 1 aromatic heterocycles. The molecule has 0 bridgehead atoms. The second-order valence-corrected chi connectivity index (χ2v) is 5.20. The summed E-state index contributed by atoms with van der Waals surface area (Å²) in [5.74, 6) is 0. The van der Waals surface area contributed by atoms with Crippen molar-refractivity contribution in [3.05, 3.63) is 35.5 Å². The van der Waals surface area contributed by atoms with Gasteiger partial charge >= 0.3 is 0 Å². The van der Waals surface area contributed by atoms with Gasteiger partial charge < -0.3 is 10.4 Å². The maximum atomic E-state index is 10.3. The predicted molar refractivity (Wildman–Crippen MR) is 78.4 cm³/mol. The molecule has 1 aromatic carbocycles. The molecule has 3 heteroatoms. The zero-order valence-corrected chi connectivity index (χ0v) is 11.3. The van der Waals surface area contributed by atoms with Crippen LogP contribution in [0.1, 0.15) is 43.5 Å². The lowest BCUT2D eigenvalue weighted by Crippen LogP contribution is -2.15. The van der Waals surface area contributed by atoms with Gasteiger partial charge in [-0.25, -0.2) is 0 Å². The summed E-state index contributed by atoms with van der Waals surface area (Å²) in [5.41, 5.74) is 4.21. The van der Waals surface area contributed by atoms with Crippen molar-refractivity contribution in [1.82, 2.24) is 4.98 Å². The highest BCUT2D eigenvalue weighted by Crippen LogP contribution is 2.38. The SMILES string of the molecule is CCCNc1c2c(nc3ccccc13)CCC[C@H]2O. The Labute approximate surface area is 113 Å². The molecule has 0 amide bonds. The number of hydrogen-bond donors (Lipinski definition) is 2. The standard InChI is InChI=1S/C16H20N2O/c1-2-10-17-16-11-6-3-4-7-12(11)18-13-8-5-9-14(19)15(13)16/h3-4,6-7,14,19H,2,5,8-10H2,1H3,(H,17,18)/t14-/m1/s1.